The van der Waals surface area contributed by atoms with Crippen molar-refractivity contribution in [3.8, 4) is 6.07 Å². The summed E-state index contributed by atoms with van der Waals surface area (Å²) in [4.78, 5) is 22.3. The van der Waals surface area contributed by atoms with E-state index in [0.29, 0.717) is 0 Å². The summed E-state index contributed by atoms with van der Waals surface area (Å²) >= 11 is 0. The maximum atomic E-state index is 11.7. The second-order valence-electron chi connectivity index (χ2n) is 4.69. The van der Waals surface area contributed by atoms with Gasteiger partial charge in [-0.15, -0.1) is 0 Å². The third kappa shape index (κ3) is 4.21. The zero-order valence-corrected chi connectivity index (χ0v) is 12.5. The highest BCUT2D eigenvalue weighted by atomic mass is 16.5. The highest BCUT2D eigenvalue weighted by molar-refractivity contribution is 5.98. The fraction of sp³-hybridized carbons (Fsp3) is 0.400. The van der Waals surface area contributed by atoms with E-state index in [1.807, 2.05) is 19.9 Å². The molecule has 0 aliphatic carbocycles. The molecule has 0 saturated carbocycles. The quantitative estimate of drug-likeness (QED) is 0.487. The Balaban J connectivity index is 3.04. The molecule has 0 aliphatic rings. The Kier molecular flexibility index (Phi) is 5.73. The normalized spacial score (nSPS) is 11.0. The Bertz CT molecular complexity index is 621. The molecule has 1 amide bonds. The number of nitrogens with zero attached hydrogens (tertiary/aromatic N) is 2. The minimum atomic E-state index is -0.850. The van der Waals surface area contributed by atoms with Crippen molar-refractivity contribution in [2.75, 3.05) is 6.61 Å². The predicted molar refractivity (Wildman–Crippen MR) is 77.9 cm³/mol. The maximum absolute atomic E-state index is 11.7. The third-order valence-corrected chi connectivity index (χ3v) is 3.05. The molecule has 0 radical (unpaired) electrons. The molecule has 0 unspecified atom stereocenters. The number of carbonyl (C=O) groups excluding carboxylic acids is 2. The van der Waals surface area contributed by atoms with Gasteiger partial charge in [0.2, 0.25) is 0 Å². The van der Waals surface area contributed by atoms with Gasteiger partial charge in [-0.1, -0.05) is 6.92 Å². The van der Waals surface area contributed by atoms with Crippen molar-refractivity contribution in [1.29, 1.82) is 5.26 Å². The Morgan fingerprint density at radius 2 is 2.14 bits per heavy atom. The van der Waals surface area contributed by atoms with Crippen molar-refractivity contribution >= 4 is 18.0 Å². The first-order valence-corrected chi connectivity index (χ1v) is 6.64. The van der Waals surface area contributed by atoms with Crippen molar-refractivity contribution in [1.82, 2.24) is 4.57 Å². The van der Waals surface area contributed by atoms with Crippen molar-refractivity contribution < 1.29 is 14.3 Å². The number of ether oxygens (including phenoxy) is 1. The third-order valence-electron chi connectivity index (χ3n) is 3.05. The van der Waals surface area contributed by atoms with E-state index in [9.17, 15) is 9.59 Å². The first-order valence-electron chi connectivity index (χ1n) is 6.64. The second-order valence-corrected chi connectivity index (χ2v) is 4.69. The van der Waals surface area contributed by atoms with Gasteiger partial charge in [0.1, 0.15) is 11.6 Å². The van der Waals surface area contributed by atoms with Crippen LogP contribution in [0.25, 0.3) is 6.08 Å². The summed E-state index contributed by atoms with van der Waals surface area (Å²) in [5.74, 6) is -1.61. The van der Waals surface area contributed by atoms with Crippen molar-refractivity contribution in [3.05, 3.63) is 28.6 Å². The lowest BCUT2D eigenvalue weighted by molar-refractivity contribution is -0.143. The van der Waals surface area contributed by atoms with Crippen molar-refractivity contribution in [2.24, 2.45) is 5.73 Å². The molecular formula is C15H19N3O3. The summed E-state index contributed by atoms with van der Waals surface area (Å²) in [7, 11) is 0. The smallest absolute Gasteiger partial charge is 0.349 e. The average Bonchev–Trinajstić information content (AvgIpc) is 2.70. The molecule has 0 bridgehead atoms. The van der Waals surface area contributed by atoms with Gasteiger partial charge < -0.3 is 15.0 Å². The number of aryl methyl sites for hydroxylation is 1. The van der Waals surface area contributed by atoms with Crippen LogP contribution in [-0.2, 0) is 20.9 Å². The topological polar surface area (TPSA) is 98.1 Å². The molecule has 21 heavy (non-hydrogen) atoms. The number of esters is 1. The molecule has 0 saturated heterocycles. The molecule has 1 rings (SSSR count). The van der Waals surface area contributed by atoms with Gasteiger partial charge in [0.25, 0.3) is 5.91 Å². The molecule has 6 heteroatoms. The summed E-state index contributed by atoms with van der Waals surface area (Å²) in [6.45, 7) is 6.32. The predicted octanol–water partition coefficient (Wildman–Crippen LogP) is 1.45. The molecule has 0 atom stereocenters. The van der Waals surface area contributed by atoms with Gasteiger partial charge in [0, 0.05) is 17.9 Å². The number of primary amides is 1. The van der Waals surface area contributed by atoms with Crippen molar-refractivity contribution in [2.45, 2.75) is 33.7 Å². The van der Waals surface area contributed by atoms with E-state index in [4.69, 9.17) is 11.0 Å². The van der Waals surface area contributed by atoms with Crippen LogP contribution in [0.5, 0.6) is 0 Å². The average molecular weight is 289 g/mol. The van der Waals surface area contributed by atoms with Gasteiger partial charge in [0.15, 0.2) is 6.61 Å². The van der Waals surface area contributed by atoms with Gasteiger partial charge in [-0.3, -0.25) is 4.79 Å². The molecule has 0 fully saturated rings. The molecule has 1 heterocycles. The molecule has 2 N–H and O–H groups in total. The summed E-state index contributed by atoms with van der Waals surface area (Å²) in [6.07, 6.45) is 2.46. The minimum Gasteiger partial charge on any atom is -0.451 e. The van der Waals surface area contributed by atoms with Gasteiger partial charge in [-0.25, -0.2) is 4.79 Å². The lowest BCUT2D eigenvalue weighted by Gasteiger charge is -2.07. The monoisotopic (exact) mass is 289 g/mol. The Morgan fingerprint density at radius 1 is 1.48 bits per heavy atom. The van der Waals surface area contributed by atoms with E-state index in [-0.39, 0.29) is 5.57 Å². The van der Waals surface area contributed by atoms with Gasteiger partial charge in [-0.2, -0.15) is 5.26 Å². The van der Waals surface area contributed by atoms with Crippen LogP contribution < -0.4 is 5.73 Å². The largest absolute Gasteiger partial charge is 0.451 e. The van der Waals surface area contributed by atoms with Crippen LogP contribution in [0.1, 0.15) is 30.3 Å². The van der Waals surface area contributed by atoms with Crippen LogP contribution in [0.3, 0.4) is 0 Å². The number of hydrogen-bond acceptors (Lipinski definition) is 4. The molecule has 0 spiro atoms. The molecule has 1 aromatic heterocycles. The van der Waals surface area contributed by atoms with E-state index in [1.165, 1.54) is 6.08 Å². The van der Waals surface area contributed by atoms with Crippen LogP contribution in [-0.4, -0.2) is 23.1 Å². The van der Waals surface area contributed by atoms with E-state index in [2.05, 4.69) is 16.2 Å². The highest BCUT2D eigenvalue weighted by Crippen LogP contribution is 2.19. The minimum absolute atomic E-state index is 0.159. The summed E-state index contributed by atoms with van der Waals surface area (Å²) in [5, 5.41) is 9.05. The Morgan fingerprint density at radius 3 is 2.67 bits per heavy atom. The van der Waals surface area contributed by atoms with Crippen LogP contribution >= 0.6 is 0 Å². The second kappa shape index (κ2) is 7.29. The molecule has 0 aliphatic heterocycles. The van der Waals surface area contributed by atoms with Crippen LogP contribution in [0.4, 0.5) is 0 Å². The Hall–Kier alpha value is -2.55. The number of rotatable bonds is 6. The summed E-state index contributed by atoms with van der Waals surface area (Å²) in [5.41, 5.74) is 7.56. The van der Waals surface area contributed by atoms with E-state index < -0.39 is 18.5 Å². The highest BCUT2D eigenvalue weighted by Gasteiger charge is 2.14. The molecule has 0 aromatic carbocycles. The summed E-state index contributed by atoms with van der Waals surface area (Å²) in [6, 6.07) is 3.69. The van der Waals surface area contributed by atoms with Crippen molar-refractivity contribution in [3.63, 3.8) is 0 Å². The lowest BCUT2D eigenvalue weighted by Crippen LogP contribution is -2.21. The molecule has 112 valence electrons. The molecule has 1 aromatic rings. The van der Waals surface area contributed by atoms with E-state index >= 15 is 0 Å². The van der Waals surface area contributed by atoms with Gasteiger partial charge in [-0.05, 0) is 38.0 Å². The fourth-order valence-corrected chi connectivity index (χ4v) is 2.05. The fourth-order valence-electron chi connectivity index (χ4n) is 2.05. The standard InChI is InChI=1S/C15H19N3O3/c1-4-5-18-10(2)6-12(11(18)3)7-13(8-16)15(20)21-9-14(17)19/h6-7H,4-5,9H2,1-3H3,(H2,17,19)/b13-7+. The lowest BCUT2D eigenvalue weighted by atomic mass is 10.1. The Labute approximate surface area is 123 Å². The van der Waals surface area contributed by atoms with Crippen LogP contribution in [0.15, 0.2) is 11.6 Å². The summed E-state index contributed by atoms with van der Waals surface area (Å²) < 4.78 is 6.76. The van der Waals surface area contributed by atoms with Gasteiger partial charge in [0.05, 0.1) is 0 Å². The number of aromatic nitrogens is 1. The first kappa shape index (κ1) is 16.5. The number of hydrogen-bond donors (Lipinski definition) is 1. The zero-order chi connectivity index (χ0) is 16.0. The first-order chi connectivity index (χ1) is 9.90. The number of nitriles is 1. The molecule has 6 nitrogen and oxygen atoms in total. The number of carbonyl (C=O) groups is 2. The zero-order valence-electron chi connectivity index (χ0n) is 12.5. The van der Waals surface area contributed by atoms with E-state index in [0.717, 1.165) is 29.9 Å². The molecular weight excluding hydrogens is 270 g/mol. The van der Waals surface area contributed by atoms with Crippen LogP contribution in [0.2, 0.25) is 0 Å². The van der Waals surface area contributed by atoms with E-state index in [1.54, 1.807) is 6.07 Å². The van der Waals surface area contributed by atoms with Crippen LogP contribution in [0, 0.1) is 25.2 Å². The number of nitrogens with two attached hydrogens (primary N) is 1. The number of amides is 1. The maximum Gasteiger partial charge on any atom is 0.349 e. The SMILES string of the molecule is CCCn1c(C)cc(/C=C(\C#N)C(=O)OCC(N)=O)c1C. The van der Waals surface area contributed by atoms with Gasteiger partial charge >= 0.3 is 5.97 Å².